The summed E-state index contributed by atoms with van der Waals surface area (Å²) in [5.74, 6) is 0.0712. The number of carbonyl (C=O) groups is 2. The molecule has 5 rings (SSSR count). The van der Waals surface area contributed by atoms with Crippen LogP contribution in [0.4, 0.5) is 0 Å². The number of amides is 1. The molecule has 1 N–H and O–H groups in total. The maximum atomic E-state index is 12.5. The summed E-state index contributed by atoms with van der Waals surface area (Å²) in [6, 6.07) is 13.2. The molecule has 1 aliphatic carbocycles. The maximum absolute atomic E-state index is 12.5. The van der Waals surface area contributed by atoms with Crippen molar-refractivity contribution < 1.29 is 24.0 Å². The highest BCUT2D eigenvalue weighted by Gasteiger charge is 2.49. The molecule has 10 heteroatoms. The number of carboxylic acids is 1. The summed E-state index contributed by atoms with van der Waals surface area (Å²) in [5.41, 5.74) is 3.54. The topological polar surface area (TPSA) is 130 Å². The lowest BCUT2D eigenvalue weighted by atomic mass is 9.80. The fraction of sp³-hybridized carbons (Fsp3) is 0.320. The number of hydrogen-bond donors (Lipinski definition) is 1. The van der Waals surface area contributed by atoms with E-state index in [4.69, 9.17) is 14.4 Å². The van der Waals surface area contributed by atoms with E-state index in [0.29, 0.717) is 41.6 Å². The number of halogens is 1. The van der Waals surface area contributed by atoms with Crippen LogP contribution in [-0.4, -0.2) is 49.2 Å². The van der Waals surface area contributed by atoms with E-state index in [1.54, 1.807) is 18.2 Å². The number of hydrogen-bond acceptors (Lipinski definition) is 7. The number of carboxylic acid groups (broad SMARTS) is 1. The number of rotatable bonds is 6. The van der Waals surface area contributed by atoms with E-state index in [1.165, 1.54) is 4.90 Å². The summed E-state index contributed by atoms with van der Waals surface area (Å²) < 4.78 is 11.1. The minimum Gasteiger partial charge on any atom is -0.480 e. The van der Waals surface area contributed by atoms with Gasteiger partial charge in [0.25, 0.3) is 5.89 Å². The summed E-state index contributed by atoms with van der Waals surface area (Å²) in [4.78, 5) is 29.7. The minimum atomic E-state index is -1.01. The number of nitriles is 1. The second-order valence-corrected chi connectivity index (χ2v) is 10.6. The molecule has 0 radical (unpaired) electrons. The van der Waals surface area contributed by atoms with Gasteiger partial charge in [-0.25, -0.2) is 0 Å². The van der Waals surface area contributed by atoms with E-state index in [-0.39, 0.29) is 16.6 Å². The molecule has 1 saturated heterocycles. The van der Waals surface area contributed by atoms with Crippen LogP contribution in [0.15, 0.2) is 40.9 Å². The molecule has 1 fully saturated rings. The van der Waals surface area contributed by atoms with Crippen LogP contribution in [-0.2, 0) is 21.4 Å². The molecule has 1 amide bonds. The minimum absolute atomic E-state index is 0.0876. The smallest absolute Gasteiger partial charge is 0.323 e. The van der Waals surface area contributed by atoms with Crippen molar-refractivity contribution in [3.8, 4) is 34.7 Å². The average molecular weight is 584 g/mol. The summed E-state index contributed by atoms with van der Waals surface area (Å²) in [6.07, 6.45) is 1.80. The number of likely N-dealkylation sites (tertiary alicyclic amines) is 1. The Bertz CT molecular complexity index is 1380. The summed E-state index contributed by atoms with van der Waals surface area (Å²) >= 11 is 2.12. The third-order valence-corrected chi connectivity index (χ3v) is 6.82. The summed E-state index contributed by atoms with van der Waals surface area (Å²) in [6.45, 7) is 2.00. The van der Waals surface area contributed by atoms with Crippen LogP contribution >= 0.6 is 22.6 Å². The molecule has 2 atom stereocenters. The molecule has 1 aliphatic heterocycles. The largest absolute Gasteiger partial charge is 0.480 e. The Morgan fingerprint density at radius 1 is 1.40 bits per heavy atom. The number of benzene rings is 2. The van der Waals surface area contributed by atoms with Crippen molar-refractivity contribution in [1.29, 1.82) is 5.26 Å². The van der Waals surface area contributed by atoms with E-state index in [0.717, 1.165) is 29.5 Å². The molecule has 0 bridgehead atoms. The predicted octanol–water partition coefficient (Wildman–Crippen LogP) is 3.94. The van der Waals surface area contributed by atoms with Gasteiger partial charge in [-0.15, -0.1) is 0 Å². The Hall–Kier alpha value is -3.46. The van der Waals surface area contributed by atoms with Crippen LogP contribution in [0.3, 0.4) is 0 Å². The van der Waals surface area contributed by atoms with Gasteiger partial charge in [-0.05, 0) is 71.7 Å². The molecular weight excluding hydrogens is 563 g/mol. The molecule has 1 aromatic heterocycles. The number of alkyl halides is 1. The third-order valence-electron chi connectivity index (χ3n) is 6.57. The molecule has 9 nitrogen and oxygen atoms in total. The Balaban J connectivity index is 1.46. The first kappa shape index (κ1) is 23.3. The monoisotopic (exact) mass is 584 g/mol. The van der Waals surface area contributed by atoms with Crippen LogP contribution in [0.5, 0.6) is 5.75 Å². The second kappa shape index (κ2) is 8.96. The Morgan fingerprint density at radius 2 is 2.23 bits per heavy atom. The van der Waals surface area contributed by atoms with E-state index < -0.39 is 11.4 Å². The highest BCUT2D eigenvalue weighted by Crippen LogP contribution is 2.48. The number of ether oxygens (including phenoxy) is 1. The zero-order chi connectivity index (χ0) is 24.7. The summed E-state index contributed by atoms with van der Waals surface area (Å²) in [5, 5.41) is 22.9. The Kier molecular flexibility index (Phi) is 5.96. The van der Waals surface area contributed by atoms with Crippen molar-refractivity contribution in [3.05, 3.63) is 53.1 Å². The summed E-state index contributed by atoms with van der Waals surface area (Å²) in [7, 11) is 0. The van der Waals surface area contributed by atoms with Gasteiger partial charge in [-0.3, -0.25) is 9.59 Å². The zero-order valence-corrected chi connectivity index (χ0v) is 21.0. The van der Waals surface area contributed by atoms with Crippen molar-refractivity contribution >= 4 is 34.5 Å². The van der Waals surface area contributed by atoms with E-state index in [1.807, 2.05) is 25.1 Å². The molecule has 2 heterocycles. The molecular formula is C25H21IN4O5. The van der Waals surface area contributed by atoms with Crippen LogP contribution in [0.1, 0.15) is 36.5 Å². The van der Waals surface area contributed by atoms with Crippen LogP contribution in [0.2, 0.25) is 0 Å². The van der Waals surface area contributed by atoms with Gasteiger partial charge >= 0.3 is 5.97 Å². The van der Waals surface area contributed by atoms with Crippen molar-refractivity contribution in [3.63, 3.8) is 0 Å². The number of fused-ring (bicyclic) bond motifs is 2. The third kappa shape index (κ3) is 4.25. The SMILES string of the molecule is CC(I)Oc1ccc(-c2nc(-c3cccc4c3CCC43CC(=O)N(CC(=O)O)C3)no2)cc1C#N. The highest BCUT2D eigenvalue weighted by molar-refractivity contribution is 14.1. The van der Waals surface area contributed by atoms with Gasteiger partial charge in [0, 0.05) is 29.5 Å². The van der Waals surface area contributed by atoms with E-state index in [2.05, 4.69) is 38.8 Å². The van der Waals surface area contributed by atoms with Gasteiger partial charge in [0.15, 0.2) is 0 Å². The van der Waals surface area contributed by atoms with Crippen LogP contribution in [0.25, 0.3) is 22.8 Å². The lowest BCUT2D eigenvalue weighted by Gasteiger charge is -2.24. The lowest BCUT2D eigenvalue weighted by Crippen LogP contribution is -2.33. The molecule has 35 heavy (non-hydrogen) atoms. The Labute approximate surface area is 214 Å². The molecule has 2 aliphatic rings. The standard InChI is InChI=1S/C25H21IN4O5/c1-14(26)34-20-6-5-15(9-16(20)11-27)24-28-23(29-35-24)18-3-2-4-19-17(18)7-8-25(19)10-21(31)30(13-25)12-22(32)33/h2-6,9,14H,7-8,10,12-13H2,1H3,(H,32,33). The first-order valence-corrected chi connectivity index (χ1v) is 12.4. The lowest BCUT2D eigenvalue weighted by molar-refractivity contribution is -0.142. The van der Waals surface area contributed by atoms with Crippen molar-refractivity contribution in [1.82, 2.24) is 15.0 Å². The maximum Gasteiger partial charge on any atom is 0.323 e. The number of aliphatic carboxylic acids is 1. The Morgan fingerprint density at radius 3 is 2.97 bits per heavy atom. The fourth-order valence-electron chi connectivity index (χ4n) is 5.11. The van der Waals surface area contributed by atoms with Crippen LogP contribution in [0, 0.1) is 11.3 Å². The predicted molar refractivity (Wildman–Crippen MR) is 133 cm³/mol. The van der Waals surface area contributed by atoms with Gasteiger partial charge in [0.2, 0.25) is 11.7 Å². The second-order valence-electron chi connectivity index (χ2n) is 8.84. The van der Waals surface area contributed by atoms with E-state index in [9.17, 15) is 14.9 Å². The van der Waals surface area contributed by atoms with Crippen molar-refractivity contribution in [2.24, 2.45) is 0 Å². The average Bonchev–Trinajstić information content (AvgIpc) is 3.52. The highest BCUT2D eigenvalue weighted by atomic mass is 127. The van der Waals surface area contributed by atoms with Gasteiger partial charge in [0.05, 0.1) is 5.56 Å². The van der Waals surface area contributed by atoms with Crippen molar-refractivity contribution in [2.45, 2.75) is 35.7 Å². The fourth-order valence-corrected chi connectivity index (χ4v) is 5.38. The number of carbonyl (C=O) groups excluding carboxylic acids is 1. The van der Waals surface area contributed by atoms with Crippen LogP contribution < -0.4 is 4.74 Å². The molecule has 178 valence electrons. The molecule has 2 unspecified atom stereocenters. The molecule has 3 aromatic rings. The van der Waals surface area contributed by atoms with E-state index >= 15 is 0 Å². The number of aromatic nitrogens is 2. The molecule has 1 spiro atoms. The van der Waals surface area contributed by atoms with Gasteiger partial charge in [-0.1, -0.05) is 23.4 Å². The first-order chi connectivity index (χ1) is 16.8. The van der Waals surface area contributed by atoms with Crippen molar-refractivity contribution in [2.75, 3.05) is 13.1 Å². The van der Waals surface area contributed by atoms with Gasteiger partial charge in [0.1, 0.15) is 22.5 Å². The molecule has 0 saturated carbocycles. The molecule has 2 aromatic carbocycles. The quantitative estimate of drug-likeness (QED) is 0.341. The normalized spacial score (nSPS) is 19.6. The zero-order valence-electron chi connectivity index (χ0n) is 18.8. The number of nitrogens with zero attached hydrogens (tertiary/aromatic N) is 4. The first-order valence-electron chi connectivity index (χ1n) is 11.1. The van der Waals surface area contributed by atoms with Gasteiger partial charge < -0.3 is 19.3 Å². The van der Waals surface area contributed by atoms with Gasteiger partial charge in [-0.2, -0.15) is 10.2 Å².